The number of rotatable bonds is 6. The third-order valence-corrected chi connectivity index (χ3v) is 5.65. The van der Waals surface area contributed by atoms with E-state index in [9.17, 15) is 9.59 Å². The summed E-state index contributed by atoms with van der Waals surface area (Å²) in [6, 6.07) is 4.05. The third-order valence-electron chi connectivity index (χ3n) is 5.65. The van der Waals surface area contributed by atoms with Gasteiger partial charge in [-0.2, -0.15) is 0 Å². The van der Waals surface area contributed by atoms with E-state index in [1.165, 1.54) is 0 Å². The van der Waals surface area contributed by atoms with Gasteiger partial charge in [0.15, 0.2) is 0 Å². The van der Waals surface area contributed by atoms with Crippen molar-refractivity contribution in [3.63, 3.8) is 0 Å². The van der Waals surface area contributed by atoms with Crippen molar-refractivity contribution in [3.8, 4) is 22.6 Å². The van der Waals surface area contributed by atoms with Crippen LogP contribution in [0.4, 0.5) is 0 Å². The van der Waals surface area contributed by atoms with Crippen LogP contribution in [0.2, 0.25) is 0 Å². The van der Waals surface area contributed by atoms with E-state index in [1.54, 1.807) is 30.7 Å². The molecule has 0 radical (unpaired) electrons. The van der Waals surface area contributed by atoms with Crippen molar-refractivity contribution in [2.24, 2.45) is 7.05 Å². The maximum atomic E-state index is 12.8. The van der Waals surface area contributed by atoms with Crippen LogP contribution in [0, 0.1) is 0 Å². The minimum atomic E-state index is -0.0427. The molecule has 0 saturated carbocycles. The van der Waals surface area contributed by atoms with E-state index in [2.05, 4.69) is 6.92 Å². The number of fused-ring (bicyclic) bond motifs is 1. The Morgan fingerprint density at radius 3 is 2.31 bits per heavy atom. The van der Waals surface area contributed by atoms with E-state index in [-0.39, 0.29) is 11.5 Å². The molecule has 0 saturated heterocycles. The summed E-state index contributed by atoms with van der Waals surface area (Å²) in [6.07, 6.45) is 4.84. The van der Waals surface area contributed by atoms with Gasteiger partial charge in [0.1, 0.15) is 11.5 Å². The Labute approximate surface area is 172 Å². The molecule has 0 fully saturated rings. The molecule has 0 atom stereocenters. The number of benzene rings is 1. The van der Waals surface area contributed by atoms with Crippen LogP contribution in [0.5, 0.6) is 11.5 Å². The molecule has 0 unspecified atom stereocenters. The SMILES string of the molecule is CCCc1c(OC)cc(-c2cn(C)c(=O)c3c2CCN(C(=O)CC)C3)cc1OC. The molecule has 1 amide bonds. The van der Waals surface area contributed by atoms with Gasteiger partial charge in [0.05, 0.1) is 20.8 Å². The first-order valence-electron chi connectivity index (χ1n) is 10.2. The maximum Gasteiger partial charge on any atom is 0.255 e. The highest BCUT2D eigenvalue weighted by Crippen LogP contribution is 2.38. The van der Waals surface area contributed by atoms with Crippen LogP contribution in [0.1, 0.15) is 43.4 Å². The molecular weight excluding hydrogens is 368 g/mol. The van der Waals surface area contributed by atoms with Gasteiger partial charge in [0, 0.05) is 42.9 Å². The van der Waals surface area contributed by atoms with Gasteiger partial charge in [-0.1, -0.05) is 20.3 Å². The van der Waals surface area contributed by atoms with Crippen molar-refractivity contribution in [1.82, 2.24) is 9.47 Å². The smallest absolute Gasteiger partial charge is 0.255 e. The highest BCUT2D eigenvalue weighted by atomic mass is 16.5. The first-order chi connectivity index (χ1) is 13.9. The minimum Gasteiger partial charge on any atom is -0.496 e. The number of hydrogen-bond donors (Lipinski definition) is 0. The number of aryl methyl sites for hydroxylation is 1. The Kier molecular flexibility index (Phi) is 6.30. The Bertz CT molecular complexity index is 953. The van der Waals surface area contributed by atoms with Gasteiger partial charge in [-0.15, -0.1) is 0 Å². The zero-order valence-electron chi connectivity index (χ0n) is 18.0. The molecule has 2 heterocycles. The fraction of sp³-hybridized carbons (Fsp3) is 0.478. The van der Waals surface area contributed by atoms with Gasteiger partial charge >= 0.3 is 0 Å². The zero-order valence-corrected chi connectivity index (χ0v) is 18.0. The normalized spacial score (nSPS) is 13.2. The van der Waals surface area contributed by atoms with Crippen molar-refractivity contribution < 1.29 is 14.3 Å². The predicted molar refractivity (Wildman–Crippen MR) is 114 cm³/mol. The summed E-state index contributed by atoms with van der Waals surface area (Å²) in [5.41, 5.74) is 4.68. The number of carbonyl (C=O) groups excluding carboxylic acids is 1. The van der Waals surface area contributed by atoms with Crippen molar-refractivity contribution in [1.29, 1.82) is 0 Å². The lowest BCUT2D eigenvalue weighted by molar-refractivity contribution is -0.131. The zero-order chi connectivity index (χ0) is 21.1. The summed E-state index contributed by atoms with van der Waals surface area (Å²) < 4.78 is 12.9. The summed E-state index contributed by atoms with van der Waals surface area (Å²) >= 11 is 0. The van der Waals surface area contributed by atoms with Gasteiger partial charge in [-0.05, 0) is 36.1 Å². The van der Waals surface area contributed by atoms with Crippen molar-refractivity contribution in [2.75, 3.05) is 20.8 Å². The average Bonchev–Trinajstić information content (AvgIpc) is 2.75. The Morgan fingerprint density at radius 2 is 1.76 bits per heavy atom. The second-order valence-electron chi connectivity index (χ2n) is 7.44. The summed E-state index contributed by atoms with van der Waals surface area (Å²) in [6.45, 7) is 4.97. The van der Waals surface area contributed by atoms with Crippen molar-refractivity contribution in [3.05, 3.63) is 45.4 Å². The molecule has 0 aliphatic carbocycles. The van der Waals surface area contributed by atoms with Gasteiger partial charge in [-0.3, -0.25) is 9.59 Å². The molecule has 1 aliphatic heterocycles. The number of aromatic nitrogens is 1. The Morgan fingerprint density at radius 1 is 1.10 bits per heavy atom. The van der Waals surface area contributed by atoms with E-state index in [0.29, 0.717) is 31.5 Å². The maximum absolute atomic E-state index is 12.8. The molecule has 156 valence electrons. The lowest BCUT2D eigenvalue weighted by Crippen LogP contribution is -2.40. The molecule has 3 rings (SSSR count). The molecule has 1 aromatic heterocycles. The van der Waals surface area contributed by atoms with Crippen LogP contribution in [-0.4, -0.2) is 36.1 Å². The number of hydrogen-bond acceptors (Lipinski definition) is 4. The summed E-state index contributed by atoms with van der Waals surface area (Å²) in [5, 5.41) is 0. The topological polar surface area (TPSA) is 60.8 Å². The molecular formula is C23H30N2O4. The van der Waals surface area contributed by atoms with Crippen molar-refractivity contribution in [2.45, 2.75) is 46.1 Å². The number of methoxy groups -OCH3 is 2. The summed E-state index contributed by atoms with van der Waals surface area (Å²) in [7, 11) is 5.09. The quantitative estimate of drug-likeness (QED) is 0.749. The standard InChI is InChI=1S/C23H30N2O4/c1-6-8-17-20(28-4)11-15(12-21(17)29-5)18-13-24(3)23(27)19-14-25(22(26)7-2)10-9-16(18)19/h11-13H,6-10,14H2,1-5H3. The fourth-order valence-electron chi connectivity index (χ4n) is 4.12. The fourth-order valence-corrected chi connectivity index (χ4v) is 4.12. The van der Waals surface area contributed by atoms with Gasteiger partial charge < -0.3 is 18.9 Å². The monoisotopic (exact) mass is 398 g/mol. The first-order valence-corrected chi connectivity index (χ1v) is 10.2. The summed E-state index contributed by atoms with van der Waals surface area (Å²) in [4.78, 5) is 26.8. The minimum absolute atomic E-state index is 0.0427. The molecule has 29 heavy (non-hydrogen) atoms. The van der Waals surface area contributed by atoms with Gasteiger partial charge in [-0.25, -0.2) is 0 Å². The molecule has 0 bridgehead atoms. The molecule has 1 aliphatic rings. The number of nitrogens with zero attached hydrogens (tertiary/aromatic N) is 2. The Balaban J connectivity index is 2.17. The average molecular weight is 399 g/mol. The highest BCUT2D eigenvalue weighted by Gasteiger charge is 2.26. The molecule has 1 aromatic carbocycles. The summed E-state index contributed by atoms with van der Waals surface area (Å²) in [5.74, 6) is 1.67. The lowest BCUT2D eigenvalue weighted by Gasteiger charge is -2.30. The van der Waals surface area contributed by atoms with Gasteiger partial charge in [0.25, 0.3) is 5.56 Å². The predicted octanol–water partition coefficient (Wildman–Crippen LogP) is 3.32. The number of carbonyl (C=O) groups is 1. The van der Waals surface area contributed by atoms with E-state index in [1.807, 2.05) is 25.3 Å². The number of amides is 1. The van der Waals surface area contributed by atoms with E-state index in [0.717, 1.165) is 46.6 Å². The van der Waals surface area contributed by atoms with Crippen LogP contribution < -0.4 is 15.0 Å². The Hall–Kier alpha value is -2.76. The van der Waals surface area contributed by atoms with Crippen LogP contribution in [0.3, 0.4) is 0 Å². The molecule has 6 nitrogen and oxygen atoms in total. The van der Waals surface area contributed by atoms with Gasteiger partial charge in [0.2, 0.25) is 5.91 Å². The first kappa shape index (κ1) is 21.0. The van der Waals surface area contributed by atoms with Crippen LogP contribution in [-0.2, 0) is 31.2 Å². The van der Waals surface area contributed by atoms with E-state index in [4.69, 9.17) is 9.47 Å². The van der Waals surface area contributed by atoms with Crippen LogP contribution in [0.25, 0.3) is 11.1 Å². The van der Waals surface area contributed by atoms with E-state index < -0.39 is 0 Å². The molecule has 0 N–H and O–H groups in total. The molecule has 6 heteroatoms. The largest absolute Gasteiger partial charge is 0.496 e. The van der Waals surface area contributed by atoms with Crippen LogP contribution >= 0.6 is 0 Å². The van der Waals surface area contributed by atoms with E-state index >= 15 is 0 Å². The number of pyridine rings is 1. The van der Waals surface area contributed by atoms with Crippen LogP contribution in [0.15, 0.2) is 23.1 Å². The third kappa shape index (κ3) is 3.88. The molecule has 2 aromatic rings. The second kappa shape index (κ2) is 8.72. The second-order valence-corrected chi connectivity index (χ2v) is 7.44. The lowest BCUT2D eigenvalue weighted by atomic mass is 9.91. The number of ether oxygens (including phenoxy) is 2. The highest BCUT2D eigenvalue weighted by molar-refractivity contribution is 5.77. The molecule has 0 spiro atoms. The van der Waals surface area contributed by atoms with Crippen molar-refractivity contribution >= 4 is 5.91 Å².